The van der Waals surface area contributed by atoms with Gasteiger partial charge in [-0.15, -0.1) is 0 Å². The number of benzene rings is 2. The van der Waals surface area contributed by atoms with E-state index in [1.165, 1.54) is 0 Å². The highest BCUT2D eigenvalue weighted by atomic mass is 33.1. The quantitative estimate of drug-likeness (QED) is 0.0195. The predicted molar refractivity (Wildman–Crippen MR) is 370 cm³/mol. The fourth-order valence-corrected chi connectivity index (χ4v) is 12.9. The Bertz CT molecular complexity index is 2870. The first-order valence-electron chi connectivity index (χ1n) is 33.5. The summed E-state index contributed by atoms with van der Waals surface area (Å²) in [5.41, 5.74) is 19.1. The van der Waals surface area contributed by atoms with E-state index < -0.39 is 11.8 Å². The number of nitrogens with one attached hydrogen (secondary N) is 4. The molecule has 6 rings (SSSR count). The number of hydrogen-bond donors (Lipinski definition) is 6. The number of ether oxygens (including phenoxy) is 10. The number of aryl methyl sites for hydroxylation is 2. The largest absolute Gasteiger partial charge is 0.384 e. The van der Waals surface area contributed by atoms with Crippen molar-refractivity contribution in [3.05, 3.63) is 81.4 Å². The Labute approximate surface area is 573 Å². The molecule has 0 radical (unpaired) electrons. The Kier molecular flexibility index (Phi) is 35.7. The maximum atomic E-state index is 12.9. The SMILES string of the molecule is Cc1nn(-c2ccc(C(N)=O)c(NCCCOCCOCCOCCOCCOCCCNC(=O)CCSSCCC(=O)NCCCOCCOCCOCCOCCOCCCNc3cc(-n4nc(C)c5c4CC(C)(C)CC5=O)ccc3C(N)=O)c2)c2c1C(=O)CC(C)(C)C2. The van der Waals surface area contributed by atoms with E-state index in [2.05, 4.69) is 49.0 Å². The summed E-state index contributed by atoms with van der Waals surface area (Å²) in [6.07, 6.45) is 6.01. The molecule has 28 heteroatoms. The number of rotatable bonds is 53. The Hall–Kier alpha value is -6.02. The minimum atomic E-state index is -0.535. The molecule has 0 bridgehead atoms. The molecule has 8 N–H and O–H groups in total. The minimum Gasteiger partial charge on any atom is -0.384 e. The topological polar surface area (TPSA) is 331 Å². The van der Waals surface area contributed by atoms with E-state index in [-0.39, 0.29) is 34.2 Å². The molecule has 4 aromatic rings. The van der Waals surface area contributed by atoms with Gasteiger partial charge >= 0.3 is 0 Å². The highest BCUT2D eigenvalue weighted by Gasteiger charge is 2.37. The summed E-state index contributed by atoms with van der Waals surface area (Å²) in [6.45, 7) is 23.3. The third-order valence-corrected chi connectivity index (χ3v) is 17.9. The summed E-state index contributed by atoms with van der Waals surface area (Å²) in [7, 11) is 3.17. The van der Waals surface area contributed by atoms with Crippen LogP contribution in [0, 0.1) is 24.7 Å². The lowest BCUT2D eigenvalue weighted by molar-refractivity contribution is -0.121. The van der Waals surface area contributed by atoms with Crippen molar-refractivity contribution >= 4 is 68.2 Å². The van der Waals surface area contributed by atoms with E-state index in [1.54, 1.807) is 45.9 Å². The third kappa shape index (κ3) is 28.4. The molecule has 96 heavy (non-hydrogen) atoms. The van der Waals surface area contributed by atoms with Crippen molar-refractivity contribution in [2.75, 3.05) is 180 Å². The van der Waals surface area contributed by atoms with Crippen LogP contribution in [0.3, 0.4) is 0 Å². The van der Waals surface area contributed by atoms with Gasteiger partial charge in [0.1, 0.15) is 0 Å². The number of anilines is 2. The van der Waals surface area contributed by atoms with E-state index in [9.17, 15) is 28.8 Å². The number of Topliss-reactive ketones (excluding diaryl/α,β-unsaturated/α-hetero) is 2. The van der Waals surface area contributed by atoms with Crippen molar-refractivity contribution < 1.29 is 76.1 Å². The number of primary amides is 2. The van der Waals surface area contributed by atoms with E-state index in [4.69, 9.17) is 69.0 Å². The molecule has 0 unspecified atom stereocenters. The number of carbonyl (C=O) groups excluding carboxylic acids is 6. The molecule has 0 fully saturated rings. The lowest BCUT2D eigenvalue weighted by atomic mass is 9.75. The molecule has 2 aliphatic rings. The van der Waals surface area contributed by atoms with Gasteiger partial charge in [0.05, 0.1) is 162 Å². The molecule has 534 valence electrons. The van der Waals surface area contributed by atoms with Gasteiger partial charge in [-0.25, -0.2) is 9.36 Å². The van der Waals surface area contributed by atoms with Gasteiger partial charge in [-0.2, -0.15) is 10.2 Å². The Morgan fingerprint density at radius 2 is 0.740 bits per heavy atom. The van der Waals surface area contributed by atoms with Gasteiger partial charge in [0.15, 0.2) is 11.6 Å². The molecule has 2 aliphatic carbocycles. The standard InChI is InChI=1S/C68H104N10O16S2/c1-49-63-57(45-67(3,4)47-59(63)79)77(75-49)51-11-13-53(65(69)83)55(43-51)71-17-7-21-85-25-29-89-33-37-93-39-35-91-31-27-87-23-9-19-73-61(81)15-41-95-96-42-16-62(82)74-20-10-24-88-28-32-92-36-40-94-38-34-90-30-26-86-22-8-18-72-56-44-52(12-14-54(56)66(70)84)78-58-46-68(5,6)48-60(80)64(58)50(2)76-78/h11-14,43-44,71-72H,7-10,15-42,45-48H2,1-6H3,(H2,69,83)(H2,70,84)(H,73,81)(H,74,82). The molecule has 0 atom stereocenters. The fraction of sp³-hybridized carbons (Fsp3) is 0.647. The number of aromatic nitrogens is 4. The number of carbonyl (C=O) groups is 6. The average molecular weight is 1380 g/mol. The van der Waals surface area contributed by atoms with Crippen molar-refractivity contribution in [3.63, 3.8) is 0 Å². The van der Waals surface area contributed by atoms with Crippen molar-refractivity contribution in [2.24, 2.45) is 22.3 Å². The summed E-state index contributed by atoms with van der Waals surface area (Å²) >= 11 is 0. The number of ketones is 2. The molecule has 4 amide bonds. The Balaban J connectivity index is 0.611. The lowest BCUT2D eigenvalue weighted by Gasteiger charge is -2.29. The third-order valence-electron chi connectivity index (χ3n) is 15.5. The van der Waals surface area contributed by atoms with E-state index in [0.717, 1.165) is 35.6 Å². The summed E-state index contributed by atoms with van der Waals surface area (Å²) in [4.78, 5) is 74.7. The minimum absolute atomic E-state index is 0.00965. The van der Waals surface area contributed by atoms with Gasteiger partial charge in [-0.1, -0.05) is 49.3 Å². The summed E-state index contributed by atoms with van der Waals surface area (Å²) < 4.78 is 59.8. The van der Waals surface area contributed by atoms with Crippen molar-refractivity contribution in [1.29, 1.82) is 0 Å². The zero-order valence-corrected chi connectivity index (χ0v) is 58.8. The maximum absolute atomic E-state index is 12.9. The van der Waals surface area contributed by atoms with Crippen LogP contribution in [-0.2, 0) is 69.8 Å². The number of nitrogens with two attached hydrogens (primary N) is 2. The van der Waals surface area contributed by atoms with Crippen LogP contribution in [0.2, 0.25) is 0 Å². The van der Waals surface area contributed by atoms with E-state index in [0.29, 0.717) is 266 Å². The van der Waals surface area contributed by atoms with Crippen molar-refractivity contribution in [1.82, 2.24) is 30.2 Å². The van der Waals surface area contributed by atoms with Crippen LogP contribution in [-0.4, -0.2) is 225 Å². The molecule has 0 spiro atoms. The Morgan fingerprint density at radius 1 is 0.448 bits per heavy atom. The van der Waals surface area contributed by atoms with Crippen molar-refractivity contribution in [2.45, 2.75) is 106 Å². The lowest BCUT2D eigenvalue weighted by Crippen LogP contribution is -2.28. The second-order valence-corrected chi connectivity index (χ2v) is 27.6. The first-order valence-corrected chi connectivity index (χ1v) is 36.0. The van der Waals surface area contributed by atoms with Crippen LogP contribution >= 0.6 is 21.6 Å². The number of hydrogen-bond acceptors (Lipinski definition) is 22. The van der Waals surface area contributed by atoms with E-state index >= 15 is 0 Å². The van der Waals surface area contributed by atoms with Crippen molar-refractivity contribution in [3.8, 4) is 11.4 Å². The van der Waals surface area contributed by atoms with E-state index in [1.807, 2.05) is 35.3 Å². The predicted octanol–water partition coefficient (Wildman–Crippen LogP) is 6.83. The fourth-order valence-electron chi connectivity index (χ4n) is 10.9. The zero-order chi connectivity index (χ0) is 69.0. The average Bonchev–Trinajstić information content (AvgIpc) is 1.59. The number of amides is 4. The van der Waals surface area contributed by atoms with Gasteiger partial charge < -0.3 is 80.1 Å². The smallest absolute Gasteiger partial charge is 0.250 e. The zero-order valence-electron chi connectivity index (χ0n) is 57.2. The second-order valence-electron chi connectivity index (χ2n) is 24.9. The molecule has 2 aromatic carbocycles. The highest BCUT2D eigenvalue weighted by molar-refractivity contribution is 8.76. The summed E-state index contributed by atoms with van der Waals surface area (Å²) in [6, 6.07) is 10.7. The Morgan fingerprint density at radius 3 is 1.04 bits per heavy atom. The van der Waals surface area contributed by atoms with Crippen LogP contribution in [0.4, 0.5) is 11.4 Å². The molecular weight excluding hydrogens is 1280 g/mol. The number of nitrogens with zero attached hydrogens (tertiary/aromatic N) is 4. The maximum Gasteiger partial charge on any atom is 0.250 e. The van der Waals surface area contributed by atoms with Crippen LogP contribution in [0.25, 0.3) is 11.4 Å². The summed E-state index contributed by atoms with van der Waals surface area (Å²) in [5, 5.41) is 21.9. The first-order chi connectivity index (χ1) is 46.3. The molecule has 26 nitrogen and oxygen atoms in total. The molecule has 2 aromatic heterocycles. The molecule has 0 saturated carbocycles. The molecule has 0 saturated heterocycles. The monoisotopic (exact) mass is 1380 g/mol. The molecular formula is C68H104N10O16S2. The highest BCUT2D eigenvalue weighted by Crippen LogP contribution is 2.39. The number of fused-ring (bicyclic) bond motifs is 2. The van der Waals surface area contributed by atoms with Crippen LogP contribution in [0.5, 0.6) is 0 Å². The second kappa shape index (κ2) is 43.4. The molecule has 0 aliphatic heterocycles. The first kappa shape index (κ1) is 79.0. The van der Waals surface area contributed by atoms with Crippen LogP contribution in [0.1, 0.15) is 143 Å². The van der Waals surface area contributed by atoms with Crippen LogP contribution < -0.4 is 32.7 Å². The normalized spacial score (nSPS) is 14.0. The summed E-state index contributed by atoms with van der Waals surface area (Å²) in [5.74, 6) is 0.446. The van der Waals surface area contributed by atoms with Gasteiger partial charge in [0.2, 0.25) is 11.8 Å². The van der Waals surface area contributed by atoms with Gasteiger partial charge in [-0.05, 0) is 99.6 Å². The molecule has 2 heterocycles. The van der Waals surface area contributed by atoms with Gasteiger partial charge in [0.25, 0.3) is 11.8 Å². The van der Waals surface area contributed by atoms with Gasteiger partial charge in [0, 0.05) is 101 Å². The van der Waals surface area contributed by atoms with Gasteiger partial charge in [-0.3, -0.25) is 28.8 Å². The van der Waals surface area contributed by atoms with Crippen LogP contribution in [0.15, 0.2) is 36.4 Å².